The third-order valence-corrected chi connectivity index (χ3v) is 0.153. The van der Waals surface area contributed by atoms with Crippen LogP contribution in [0.2, 0.25) is 0 Å². The van der Waals surface area contributed by atoms with Crippen molar-refractivity contribution in [2.45, 2.75) is 0 Å². The van der Waals surface area contributed by atoms with Gasteiger partial charge >= 0.3 is 8.05 Å². The molecule has 1 N–H and O–H groups in total. The van der Waals surface area contributed by atoms with Crippen LogP contribution < -0.4 is 0 Å². The highest BCUT2D eigenvalue weighted by atomic mass is 16.5. The third-order valence-electron chi connectivity index (χ3n) is 0.153. The summed E-state index contributed by atoms with van der Waals surface area (Å²) in [7, 11) is 1.40. The van der Waals surface area contributed by atoms with Crippen molar-refractivity contribution < 1.29 is 9.86 Å². The minimum atomic E-state index is 0.931. The Morgan fingerprint density at radius 2 is 2.60 bits per heavy atom. The van der Waals surface area contributed by atoms with Gasteiger partial charge in [-0.15, -0.1) is 0 Å². The number of nitrogens with zero attached hydrogens (tertiary/aromatic N) is 1. The molecule has 5 heavy (non-hydrogen) atoms. The molecule has 0 aromatic carbocycles. The van der Waals surface area contributed by atoms with E-state index in [2.05, 4.69) is 9.81 Å². The first-order valence-electron chi connectivity index (χ1n) is 1.10. The first-order chi connectivity index (χ1) is 2.41. The molecular weight excluding hydrogens is 68.8 g/mol. The summed E-state index contributed by atoms with van der Waals surface area (Å²) >= 11 is 0. The Morgan fingerprint density at radius 3 is 2.60 bits per heavy atom. The lowest BCUT2D eigenvalue weighted by Gasteiger charge is -1.75. The lowest BCUT2D eigenvalue weighted by atomic mass is 10.6. The largest absolute Gasteiger partial charge is 0.558 e. The van der Waals surface area contributed by atoms with E-state index in [0.717, 1.165) is 6.40 Å². The van der Waals surface area contributed by atoms with Gasteiger partial charge in [0.2, 0.25) is 0 Å². The van der Waals surface area contributed by atoms with Gasteiger partial charge in [-0.05, 0) is 0 Å². The molecule has 4 heteroatoms. The Balaban J connectivity index is 2.62. The number of rotatable bonds is 1. The van der Waals surface area contributed by atoms with Crippen molar-refractivity contribution in [2.75, 3.05) is 0 Å². The summed E-state index contributed by atoms with van der Waals surface area (Å²) in [6.45, 7) is 0. The van der Waals surface area contributed by atoms with Gasteiger partial charge in [0.15, 0.2) is 6.40 Å². The molecule has 0 atom stereocenters. The molecule has 0 radical (unpaired) electrons. The summed E-state index contributed by atoms with van der Waals surface area (Å²) in [5, 5.41) is 10.0. The Hall–Kier alpha value is -0.665. The highest BCUT2D eigenvalue weighted by Gasteiger charge is 1.50. The predicted octanol–water partition coefficient (Wildman–Crippen LogP) is -1.03. The van der Waals surface area contributed by atoms with Crippen molar-refractivity contribution in [2.24, 2.45) is 5.16 Å². The first kappa shape index (κ1) is 4.33. The SMILES string of the molecule is BOC=NO. The third kappa shape index (κ3) is 3.33. The van der Waals surface area contributed by atoms with Crippen LogP contribution in [0.1, 0.15) is 0 Å². The second-order valence-corrected chi connectivity index (χ2v) is 0.457. The maximum Gasteiger partial charge on any atom is 0.323 e. The first-order valence-corrected chi connectivity index (χ1v) is 1.10. The topological polar surface area (TPSA) is 41.8 Å². The fourth-order valence-corrected chi connectivity index (χ4v) is 0.0471. The zero-order valence-corrected chi connectivity index (χ0v) is 2.88. The molecule has 0 spiro atoms. The van der Waals surface area contributed by atoms with Gasteiger partial charge in [-0.2, -0.15) is 0 Å². The van der Waals surface area contributed by atoms with Crippen LogP contribution in [0.5, 0.6) is 0 Å². The average molecular weight is 72.9 g/mol. The van der Waals surface area contributed by atoms with Gasteiger partial charge in [0.25, 0.3) is 0 Å². The summed E-state index contributed by atoms with van der Waals surface area (Å²) in [6.07, 6.45) is 0.931. The van der Waals surface area contributed by atoms with E-state index in [0.29, 0.717) is 0 Å². The van der Waals surface area contributed by atoms with Gasteiger partial charge in [0, 0.05) is 0 Å². The van der Waals surface area contributed by atoms with Gasteiger partial charge in [0.1, 0.15) is 0 Å². The molecule has 0 fully saturated rings. The molecule has 0 heterocycles. The fourth-order valence-electron chi connectivity index (χ4n) is 0.0471. The van der Waals surface area contributed by atoms with E-state index >= 15 is 0 Å². The number of hydrogen-bond donors (Lipinski definition) is 1. The second kappa shape index (κ2) is 3.33. The Morgan fingerprint density at radius 1 is 2.00 bits per heavy atom. The molecule has 0 aromatic heterocycles. The molecule has 0 amide bonds. The Bertz CT molecular complexity index is 36.6. The summed E-state index contributed by atoms with van der Waals surface area (Å²) in [5.41, 5.74) is 0. The highest BCUT2D eigenvalue weighted by molar-refractivity contribution is 6.02. The monoisotopic (exact) mass is 73.0 g/mol. The van der Waals surface area contributed by atoms with Gasteiger partial charge < -0.3 is 9.86 Å². The molecular formula is CH4BNO2. The smallest absolute Gasteiger partial charge is 0.323 e. The lowest BCUT2D eigenvalue weighted by Crippen LogP contribution is -1.74. The zero-order chi connectivity index (χ0) is 4.12. The minimum absolute atomic E-state index is 0.931. The van der Waals surface area contributed by atoms with Crippen LogP contribution >= 0.6 is 0 Å². The molecule has 0 aliphatic heterocycles. The van der Waals surface area contributed by atoms with E-state index < -0.39 is 0 Å². The molecule has 0 aliphatic rings. The molecule has 0 saturated heterocycles. The molecule has 0 unspecified atom stereocenters. The van der Waals surface area contributed by atoms with Crippen LogP contribution in [-0.4, -0.2) is 19.7 Å². The molecule has 28 valence electrons. The molecule has 0 bridgehead atoms. The van der Waals surface area contributed by atoms with Crippen molar-refractivity contribution in [1.82, 2.24) is 0 Å². The molecule has 0 aromatic rings. The van der Waals surface area contributed by atoms with Gasteiger partial charge in [0.05, 0.1) is 0 Å². The van der Waals surface area contributed by atoms with E-state index in [1.54, 1.807) is 0 Å². The van der Waals surface area contributed by atoms with Crippen LogP contribution in [-0.2, 0) is 4.65 Å². The van der Waals surface area contributed by atoms with E-state index in [9.17, 15) is 0 Å². The van der Waals surface area contributed by atoms with E-state index in [1.165, 1.54) is 8.05 Å². The molecule has 0 saturated carbocycles. The van der Waals surface area contributed by atoms with Gasteiger partial charge in [-0.3, -0.25) is 0 Å². The Labute approximate surface area is 30.7 Å². The van der Waals surface area contributed by atoms with Crippen LogP contribution in [0.15, 0.2) is 5.16 Å². The van der Waals surface area contributed by atoms with E-state index in [1.807, 2.05) is 0 Å². The second-order valence-electron chi connectivity index (χ2n) is 0.457. The maximum absolute atomic E-state index is 7.51. The van der Waals surface area contributed by atoms with Crippen LogP contribution in [0, 0.1) is 0 Å². The van der Waals surface area contributed by atoms with Crippen molar-refractivity contribution in [3.8, 4) is 0 Å². The molecule has 0 rings (SSSR count). The summed E-state index contributed by atoms with van der Waals surface area (Å²) in [5.74, 6) is 0. The summed E-state index contributed by atoms with van der Waals surface area (Å²) < 4.78 is 4.15. The molecule has 0 aliphatic carbocycles. The summed E-state index contributed by atoms with van der Waals surface area (Å²) in [4.78, 5) is 0. The van der Waals surface area contributed by atoms with E-state index in [-0.39, 0.29) is 0 Å². The lowest BCUT2D eigenvalue weighted by molar-refractivity contribution is 0.311. The number of oxime groups is 1. The van der Waals surface area contributed by atoms with Crippen molar-refractivity contribution in [1.29, 1.82) is 0 Å². The predicted molar refractivity (Wildman–Crippen MR) is 19.9 cm³/mol. The molecule has 3 nitrogen and oxygen atoms in total. The van der Waals surface area contributed by atoms with Crippen LogP contribution in [0.4, 0.5) is 0 Å². The Kier molecular flexibility index (Phi) is 2.89. The average Bonchev–Trinajstić information content (AvgIpc) is 1.41. The quantitative estimate of drug-likeness (QED) is 0.142. The maximum atomic E-state index is 7.51. The minimum Gasteiger partial charge on any atom is -0.558 e. The summed E-state index contributed by atoms with van der Waals surface area (Å²) in [6, 6.07) is 0. The van der Waals surface area contributed by atoms with Crippen LogP contribution in [0.3, 0.4) is 0 Å². The normalized spacial score (nSPS) is 8.80. The van der Waals surface area contributed by atoms with Crippen molar-refractivity contribution >= 4 is 14.4 Å². The fraction of sp³-hybridized carbons (Fsp3) is 0. The highest BCUT2D eigenvalue weighted by Crippen LogP contribution is 1.46. The van der Waals surface area contributed by atoms with Crippen LogP contribution in [0.25, 0.3) is 0 Å². The standard InChI is InChI=1S/CH4BNO2/c2-5-1-3-4/h1,4H,2H2. The number of hydrogen-bond acceptors (Lipinski definition) is 3. The van der Waals surface area contributed by atoms with Crippen molar-refractivity contribution in [3.63, 3.8) is 0 Å². The zero-order valence-electron chi connectivity index (χ0n) is 2.88. The van der Waals surface area contributed by atoms with Gasteiger partial charge in [-0.25, -0.2) is 0 Å². The van der Waals surface area contributed by atoms with Gasteiger partial charge in [-0.1, -0.05) is 5.16 Å². The van der Waals surface area contributed by atoms with E-state index in [4.69, 9.17) is 5.21 Å². The van der Waals surface area contributed by atoms with Crippen molar-refractivity contribution in [3.05, 3.63) is 0 Å².